The topological polar surface area (TPSA) is 83.9 Å². The fourth-order valence-corrected chi connectivity index (χ4v) is 3.84. The van der Waals surface area contributed by atoms with Gasteiger partial charge in [-0.15, -0.1) is 0 Å². The van der Waals surface area contributed by atoms with Gasteiger partial charge in [0.2, 0.25) is 10.0 Å². The van der Waals surface area contributed by atoms with Gasteiger partial charge in [0.25, 0.3) is 0 Å². The van der Waals surface area contributed by atoms with Gasteiger partial charge in [0, 0.05) is 13.2 Å². The molecule has 6 nitrogen and oxygen atoms in total. The maximum absolute atomic E-state index is 12.4. The van der Waals surface area contributed by atoms with Crippen LogP contribution >= 0.6 is 0 Å². The average Bonchev–Trinajstić information content (AvgIpc) is 2.42. The van der Waals surface area contributed by atoms with E-state index in [1.807, 2.05) is 6.07 Å². The monoisotopic (exact) mass is 315 g/mol. The predicted octanol–water partition coefficient (Wildman–Crippen LogP) is 1.50. The molecule has 1 aromatic rings. The van der Waals surface area contributed by atoms with Crippen molar-refractivity contribution >= 4 is 16.0 Å². The number of hydrogen-bond acceptors (Lipinski definition) is 4. The van der Waals surface area contributed by atoms with Gasteiger partial charge in [0.15, 0.2) is 0 Å². The summed E-state index contributed by atoms with van der Waals surface area (Å²) in [4.78, 5) is 10.8. The molecule has 118 valence electrons. The Labute approximate surface area is 125 Å². The van der Waals surface area contributed by atoms with Crippen LogP contribution in [0.2, 0.25) is 0 Å². The molecule has 1 N–H and O–H groups in total. The van der Waals surface area contributed by atoms with E-state index in [9.17, 15) is 13.2 Å². The van der Waals surface area contributed by atoms with Crippen molar-refractivity contribution in [3.05, 3.63) is 35.9 Å². The second-order valence-corrected chi connectivity index (χ2v) is 6.91. The largest absolute Gasteiger partial charge is 0.480 e. The van der Waals surface area contributed by atoms with Gasteiger partial charge in [-0.3, -0.25) is 4.79 Å². The number of nitrogens with zero attached hydrogens (tertiary/aromatic N) is 1. The molecule has 0 aliphatic rings. The maximum Gasteiger partial charge on any atom is 0.318 e. The molecule has 0 aliphatic heterocycles. The van der Waals surface area contributed by atoms with E-state index in [4.69, 9.17) is 9.84 Å². The molecule has 0 saturated heterocycles. The number of sulfonamides is 1. The first-order chi connectivity index (χ1) is 9.77. The summed E-state index contributed by atoms with van der Waals surface area (Å²) in [5, 5.41) is 8.87. The van der Waals surface area contributed by atoms with Crippen molar-refractivity contribution in [3.8, 4) is 0 Å². The number of benzene rings is 1. The number of carboxylic acids is 1. The molecule has 0 heterocycles. The Hall–Kier alpha value is -1.44. The van der Waals surface area contributed by atoms with Gasteiger partial charge in [-0.1, -0.05) is 30.3 Å². The van der Waals surface area contributed by atoms with Crippen molar-refractivity contribution in [2.75, 3.05) is 19.4 Å². The Balaban J connectivity index is 2.98. The van der Waals surface area contributed by atoms with Crippen LogP contribution in [-0.4, -0.2) is 49.2 Å². The number of methoxy groups -OCH3 is 1. The summed E-state index contributed by atoms with van der Waals surface area (Å²) in [5.74, 6) is -1.47. The minimum absolute atomic E-state index is 0.293. The molecule has 0 bridgehead atoms. The van der Waals surface area contributed by atoms with Crippen molar-refractivity contribution in [1.82, 2.24) is 4.31 Å². The van der Waals surface area contributed by atoms with Crippen molar-refractivity contribution in [2.45, 2.75) is 26.0 Å². The summed E-state index contributed by atoms with van der Waals surface area (Å²) in [6.45, 7) is 2.74. The number of ether oxygens (including phenoxy) is 1. The van der Waals surface area contributed by atoms with Crippen LogP contribution in [0.25, 0.3) is 0 Å². The first-order valence-electron chi connectivity index (χ1n) is 6.57. The highest BCUT2D eigenvalue weighted by atomic mass is 32.2. The van der Waals surface area contributed by atoms with Gasteiger partial charge >= 0.3 is 5.97 Å². The van der Waals surface area contributed by atoms with Gasteiger partial charge < -0.3 is 9.84 Å². The summed E-state index contributed by atoms with van der Waals surface area (Å²) in [5.41, 5.74) is 0.739. The Morgan fingerprint density at radius 1 is 1.29 bits per heavy atom. The van der Waals surface area contributed by atoms with E-state index >= 15 is 0 Å². The normalized spacial score (nSPS) is 13.6. The van der Waals surface area contributed by atoms with Crippen LogP contribution < -0.4 is 0 Å². The first kappa shape index (κ1) is 17.6. The van der Waals surface area contributed by atoms with Crippen LogP contribution in [0.15, 0.2) is 30.3 Å². The Bertz CT molecular complexity index is 556. The molecule has 0 spiro atoms. The van der Waals surface area contributed by atoms with Crippen molar-refractivity contribution in [2.24, 2.45) is 0 Å². The summed E-state index contributed by atoms with van der Waals surface area (Å²) >= 11 is 0. The fourth-order valence-electron chi connectivity index (χ4n) is 1.99. The lowest BCUT2D eigenvalue weighted by molar-refractivity contribution is -0.137. The average molecular weight is 315 g/mol. The molecule has 21 heavy (non-hydrogen) atoms. The standard InChI is InChI=1S/C14H21NO5S/c1-11(2)15(9-14(16)17)21(18,19)10-13(20-3)12-7-5-4-6-8-12/h4-8,11,13H,9-10H2,1-3H3,(H,16,17). The second-order valence-electron chi connectivity index (χ2n) is 4.95. The third-order valence-corrected chi connectivity index (χ3v) is 5.03. The zero-order valence-corrected chi connectivity index (χ0v) is 13.2. The van der Waals surface area contributed by atoms with E-state index in [0.717, 1.165) is 9.87 Å². The number of carboxylic acid groups (broad SMARTS) is 1. The summed E-state index contributed by atoms with van der Waals surface area (Å²) in [6.07, 6.45) is -0.633. The van der Waals surface area contributed by atoms with Gasteiger partial charge in [-0.05, 0) is 19.4 Å². The second kappa shape index (κ2) is 7.53. The molecular weight excluding hydrogens is 294 g/mol. The summed E-state index contributed by atoms with van der Waals surface area (Å²) in [6, 6.07) is 8.55. The van der Waals surface area contributed by atoms with Gasteiger partial charge in [-0.2, -0.15) is 4.31 Å². The maximum atomic E-state index is 12.4. The highest BCUT2D eigenvalue weighted by Crippen LogP contribution is 2.21. The number of rotatable bonds is 8. The minimum atomic E-state index is -3.75. The summed E-state index contributed by atoms with van der Waals surface area (Å²) < 4.78 is 31.1. The van der Waals surface area contributed by atoms with Crippen LogP contribution in [0.4, 0.5) is 0 Å². The zero-order chi connectivity index (χ0) is 16.0. The predicted molar refractivity (Wildman–Crippen MR) is 79.5 cm³/mol. The lowest BCUT2D eigenvalue weighted by atomic mass is 10.1. The van der Waals surface area contributed by atoms with Crippen molar-refractivity contribution < 1.29 is 23.1 Å². The zero-order valence-electron chi connectivity index (χ0n) is 12.4. The molecule has 1 unspecified atom stereocenters. The van der Waals surface area contributed by atoms with Crippen molar-refractivity contribution in [3.63, 3.8) is 0 Å². The number of carbonyl (C=O) groups is 1. The van der Waals surface area contributed by atoms with Crippen LogP contribution in [0.5, 0.6) is 0 Å². The molecule has 0 aromatic heterocycles. The molecule has 0 saturated carbocycles. The van der Waals surface area contributed by atoms with Crippen molar-refractivity contribution in [1.29, 1.82) is 0 Å². The fraction of sp³-hybridized carbons (Fsp3) is 0.500. The Morgan fingerprint density at radius 3 is 2.29 bits per heavy atom. The third-order valence-electron chi connectivity index (χ3n) is 3.04. The molecule has 0 amide bonds. The van der Waals surface area contributed by atoms with Crippen LogP contribution in [0, 0.1) is 0 Å². The molecule has 0 radical (unpaired) electrons. The minimum Gasteiger partial charge on any atom is -0.480 e. The molecule has 1 rings (SSSR count). The smallest absolute Gasteiger partial charge is 0.318 e. The molecule has 0 fully saturated rings. The van der Waals surface area contributed by atoms with Crippen LogP contribution in [-0.2, 0) is 19.6 Å². The molecule has 7 heteroatoms. The SMILES string of the molecule is COC(CS(=O)(=O)N(CC(=O)O)C(C)C)c1ccccc1. The number of hydrogen-bond donors (Lipinski definition) is 1. The van der Waals surface area contributed by atoms with Gasteiger partial charge in [0.1, 0.15) is 6.54 Å². The first-order valence-corrected chi connectivity index (χ1v) is 8.18. The molecular formula is C14H21NO5S. The van der Waals surface area contributed by atoms with Crippen LogP contribution in [0.3, 0.4) is 0 Å². The van der Waals surface area contributed by atoms with E-state index in [-0.39, 0.29) is 5.75 Å². The summed E-state index contributed by atoms with van der Waals surface area (Å²) in [7, 11) is -2.31. The Kier molecular flexibility index (Phi) is 6.32. The van der Waals surface area contributed by atoms with E-state index in [1.54, 1.807) is 38.1 Å². The highest BCUT2D eigenvalue weighted by molar-refractivity contribution is 7.89. The quantitative estimate of drug-likeness (QED) is 0.786. The van der Waals surface area contributed by atoms with E-state index < -0.39 is 34.7 Å². The van der Waals surface area contributed by atoms with Crippen LogP contribution in [0.1, 0.15) is 25.5 Å². The number of aliphatic carboxylic acids is 1. The Morgan fingerprint density at radius 2 is 1.86 bits per heavy atom. The lowest BCUT2D eigenvalue weighted by Gasteiger charge is -2.26. The molecule has 0 aliphatic carbocycles. The molecule has 1 aromatic carbocycles. The van der Waals surface area contributed by atoms with Gasteiger partial charge in [-0.25, -0.2) is 8.42 Å². The van der Waals surface area contributed by atoms with E-state index in [0.29, 0.717) is 0 Å². The van der Waals surface area contributed by atoms with E-state index in [1.165, 1.54) is 7.11 Å². The van der Waals surface area contributed by atoms with Gasteiger partial charge in [0.05, 0.1) is 11.9 Å². The van der Waals surface area contributed by atoms with E-state index in [2.05, 4.69) is 0 Å². The molecule has 1 atom stereocenters. The third kappa shape index (κ3) is 5.11. The lowest BCUT2D eigenvalue weighted by Crippen LogP contribution is -2.43. The highest BCUT2D eigenvalue weighted by Gasteiger charge is 2.30.